The van der Waals surface area contributed by atoms with Crippen LogP contribution in [-0.4, -0.2) is 22.5 Å². The molecule has 2 rings (SSSR count). The summed E-state index contributed by atoms with van der Waals surface area (Å²) in [6, 6.07) is 1.80. The van der Waals surface area contributed by atoms with E-state index >= 15 is 0 Å². The number of nitrogens with two attached hydrogens (primary N) is 1. The van der Waals surface area contributed by atoms with E-state index in [0.717, 1.165) is 19.6 Å². The molecule has 1 aliphatic rings. The number of ether oxygens (including phenoxy) is 1. The summed E-state index contributed by atoms with van der Waals surface area (Å²) in [6.45, 7) is 1.72. The first-order valence-electron chi connectivity index (χ1n) is 4.25. The highest BCUT2D eigenvalue weighted by molar-refractivity contribution is 5.23. The molecule has 0 radical (unpaired) electrons. The van der Waals surface area contributed by atoms with Crippen molar-refractivity contribution in [1.82, 2.24) is 9.78 Å². The maximum absolute atomic E-state index is 5.48. The lowest BCUT2D eigenvalue weighted by Crippen LogP contribution is -2.15. The monoisotopic (exact) mass is 167 g/mol. The van der Waals surface area contributed by atoms with Crippen molar-refractivity contribution in [3.8, 4) is 0 Å². The molecule has 1 fully saturated rings. The number of nitrogens with zero attached hydrogens (tertiary/aromatic N) is 2. The summed E-state index contributed by atoms with van der Waals surface area (Å²) in [7, 11) is 0. The minimum absolute atomic E-state index is 0.337. The molecular weight excluding hydrogens is 154 g/mol. The molecule has 1 saturated heterocycles. The van der Waals surface area contributed by atoms with Crippen LogP contribution in [0, 0.1) is 0 Å². The molecule has 1 atom stereocenters. The number of rotatable bonds is 2. The fourth-order valence-corrected chi connectivity index (χ4v) is 1.48. The van der Waals surface area contributed by atoms with Crippen molar-refractivity contribution in [2.24, 2.45) is 0 Å². The standard InChI is InChI=1S/C8H13N3O/c9-8-3-4-11(10-8)6-7-2-1-5-12-7/h3-4,7H,1-2,5-6H2,(H2,9,10)/t7-/m0/s1. The Labute approximate surface area is 71.3 Å². The molecule has 0 saturated carbocycles. The predicted octanol–water partition coefficient (Wildman–Crippen LogP) is 0.644. The van der Waals surface area contributed by atoms with Crippen LogP contribution in [0.3, 0.4) is 0 Å². The quantitative estimate of drug-likeness (QED) is 0.703. The zero-order chi connectivity index (χ0) is 8.39. The van der Waals surface area contributed by atoms with E-state index in [9.17, 15) is 0 Å². The van der Waals surface area contributed by atoms with Crippen LogP contribution < -0.4 is 5.73 Å². The zero-order valence-electron chi connectivity index (χ0n) is 6.94. The lowest BCUT2D eigenvalue weighted by atomic mass is 10.2. The molecule has 2 N–H and O–H groups in total. The molecule has 1 aliphatic heterocycles. The summed E-state index contributed by atoms with van der Waals surface area (Å²) in [4.78, 5) is 0. The summed E-state index contributed by atoms with van der Waals surface area (Å²) >= 11 is 0. The first-order valence-corrected chi connectivity index (χ1v) is 4.25. The van der Waals surface area contributed by atoms with Crippen LogP contribution in [0.5, 0.6) is 0 Å². The molecule has 0 unspecified atom stereocenters. The van der Waals surface area contributed by atoms with Gasteiger partial charge in [-0.15, -0.1) is 0 Å². The third-order valence-electron chi connectivity index (χ3n) is 2.08. The van der Waals surface area contributed by atoms with Gasteiger partial charge in [0.2, 0.25) is 0 Å². The van der Waals surface area contributed by atoms with Gasteiger partial charge in [0.25, 0.3) is 0 Å². The van der Waals surface area contributed by atoms with Crippen molar-refractivity contribution < 1.29 is 4.74 Å². The second kappa shape index (κ2) is 3.15. The van der Waals surface area contributed by atoms with E-state index in [-0.39, 0.29) is 0 Å². The van der Waals surface area contributed by atoms with Crippen molar-refractivity contribution in [2.75, 3.05) is 12.3 Å². The first-order chi connectivity index (χ1) is 5.84. The van der Waals surface area contributed by atoms with Gasteiger partial charge in [-0.2, -0.15) is 5.10 Å². The summed E-state index contributed by atoms with van der Waals surface area (Å²) in [5.41, 5.74) is 5.48. The molecule has 1 aromatic heterocycles. The molecule has 0 spiro atoms. The number of anilines is 1. The molecular formula is C8H13N3O. The second-order valence-corrected chi connectivity index (χ2v) is 3.10. The minimum atomic E-state index is 0.337. The highest BCUT2D eigenvalue weighted by atomic mass is 16.5. The first kappa shape index (κ1) is 7.61. The van der Waals surface area contributed by atoms with Crippen molar-refractivity contribution >= 4 is 5.82 Å². The molecule has 4 nitrogen and oxygen atoms in total. The van der Waals surface area contributed by atoms with E-state index in [1.165, 1.54) is 6.42 Å². The van der Waals surface area contributed by atoms with E-state index in [1.807, 2.05) is 10.9 Å². The molecule has 4 heteroatoms. The predicted molar refractivity (Wildman–Crippen MR) is 45.6 cm³/mol. The molecule has 0 bridgehead atoms. The van der Waals surface area contributed by atoms with Gasteiger partial charge >= 0.3 is 0 Å². The van der Waals surface area contributed by atoms with Gasteiger partial charge in [-0.3, -0.25) is 4.68 Å². The van der Waals surface area contributed by atoms with E-state index in [1.54, 1.807) is 6.07 Å². The normalized spacial score (nSPS) is 23.2. The fraction of sp³-hybridized carbons (Fsp3) is 0.625. The number of hydrogen-bond donors (Lipinski definition) is 1. The molecule has 2 heterocycles. The molecule has 12 heavy (non-hydrogen) atoms. The van der Waals surface area contributed by atoms with Crippen LogP contribution in [0.4, 0.5) is 5.82 Å². The van der Waals surface area contributed by atoms with Gasteiger partial charge < -0.3 is 10.5 Å². The maximum atomic E-state index is 5.48. The average Bonchev–Trinajstić information content (AvgIpc) is 2.63. The number of nitrogen functional groups attached to an aromatic ring is 1. The van der Waals surface area contributed by atoms with Gasteiger partial charge in [-0.05, 0) is 18.9 Å². The lowest BCUT2D eigenvalue weighted by Gasteiger charge is -2.08. The molecule has 0 aromatic carbocycles. The van der Waals surface area contributed by atoms with Gasteiger partial charge in [-0.25, -0.2) is 0 Å². The summed E-state index contributed by atoms with van der Waals surface area (Å²) in [5, 5.41) is 4.09. The Morgan fingerprint density at radius 1 is 1.75 bits per heavy atom. The minimum Gasteiger partial charge on any atom is -0.382 e. The van der Waals surface area contributed by atoms with Gasteiger partial charge in [0.15, 0.2) is 0 Å². The van der Waals surface area contributed by atoms with Crippen molar-refractivity contribution in [1.29, 1.82) is 0 Å². The Bertz CT molecular complexity index is 253. The van der Waals surface area contributed by atoms with Crippen LogP contribution in [0.25, 0.3) is 0 Å². The highest BCUT2D eigenvalue weighted by Crippen LogP contribution is 2.13. The number of hydrogen-bond acceptors (Lipinski definition) is 3. The lowest BCUT2D eigenvalue weighted by molar-refractivity contribution is 0.0941. The van der Waals surface area contributed by atoms with E-state index < -0.39 is 0 Å². The van der Waals surface area contributed by atoms with E-state index in [4.69, 9.17) is 10.5 Å². The average molecular weight is 167 g/mol. The SMILES string of the molecule is Nc1ccn(C[C@@H]2CCCO2)n1. The Kier molecular flexibility index (Phi) is 1.99. The smallest absolute Gasteiger partial charge is 0.145 e. The Morgan fingerprint density at radius 3 is 3.25 bits per heavy atom. The molecule has 0 aliphatic carbocycles. The van der Waals surface area contributed by atoms with Gasteiger partial charge in [0.1, 0.15) is 5.82 Å². The third-order valence-corrected chi connectivity index (χ3v) is 2.08. The van der Waals surface area contributed by atoms with Crippen LogP contribution in [0.1, 0.15) is 12.8 Å². The third kappa shape index (κ3) is 1.58. The maximum Gasteiger partial charge on any atom is 0.145 e. The van der Waals surface area contributed by atoms with Crippen molar-refractivity contribution in [3.63, 3.8) is 0 Å². The summed E-state index contributed by atoms with van der Waals surface area (Å²) in [6.07, 6.45) is 4.53. The fourth-order valence-electron chi connectivity index (χ4n) is 1.48. The Morgan fingerprint density at radius 2 is 2.67 bits per heavy atom. The van der Waals surface area contributed by atoms with E-state index in [0.29, 0.717) is 11.9 Å². The van der Waals surface area contributed by atoms with Crippen molar-refractivity contribution in [2.45, 2.75) is 25.5 Å². The van der Waals surface area contributed by atoms with Crippen LogP contribution in [0.2, 0.25) is 0 Å². The largest absolute Gasteiger partial charge is 0.382 e. The number of aromatic nitrogens is 2. The highest BCUT2D eigenvalue weighted by Gasteiger charge is 2.15. The van der Waals surface area contributed by atoms with Gasteiger partial charge in [-0.1, -0.05) is 0 Å². The Balaban J connectivity index is 1.94. The van der Waals surface area contributed by atoms with Crippen LogP contribution in [0.15, 0.2) is 12.3 Å². The van der Waals surface area contributed by atoms with Gasteiger partial charge in [0.05, 0.1) is 12.6 Å². The van der Waals surface area contributed by atoms with Crippen molar-refractivity contribution in [3.05, 3.63) is 12.3 Å². The van der Waals surface area contributed by atoms with Crippen LogP contribution >= 0.6 is 0 Å². The Hall–Kier alpha value is -1.03. The molecule has 66 valence electrons. The second-order valence-electron chi connectivity index (χ2n) is 3.10. The van der Waals surface area contributed by atoms with Crippen LogP contribution in [-0.2, 0) is 11.3 Å². The summed E-state index contributed by atoms with van der Waals surface area (Å²) in [5.74, 6) is 0.577. The molecule has 1 aromatic rings. The summed E-state index contributed by atoms with van der Waals surface area (Å²) < 4.78 is 7.30. The topological polar surface area (TPSA) is 53.1 Å². The molecule has 0 amide bonds. The van der Waals surface area contributed by atoms with Gasteiger partial charge in [0, 0.05) is 12.8 Å². The van der Waals surface area contributed by atoms with E-state index in [2.05, 4.69) is 5.10 Å². The zero-order valence-corrected chi connectivity index (χ0v) is 6.94.